The molecule has 2 amide bonds. The number of piperidine rings is 1. The first-order valence-corrected chi connectivity index (χ1v) is 8.35. The minimum Gasteiger partial charge on any atom is -0.353 e. The third-order valence-electron chi connectivity index (χ3n) is 4.14. The molecule has 0 radical (unpaired) electrons. The van der Waals surface area contributed by atoms with Crippen molar-refractivity contribution in [2.75, 3.05) is 18.0 Å². The zero-order valence-electron chi connectivity index (χ0n) is 14.1. The van der Waals surface area contributed by atoms with Gasteiger partial charge in [-0.05, 0) is 44.7 Å². The van der Waals surface area contributed by atoms with Crippen LogP contribution in [0, 0.1) is 6.92 Å². The maximum absolute atomic E-state index is 12.1. The highest BCUT2D eigenvalue weighted by atomic mass is 16.2. The van der Waals surface area contributed by atoms with Gasteiger partial charge in [0, 0.05) is 25.2 Å². The number of nitrogens with one attached hydrogen (secondary N) is 2. The summed E-state index contributed by atoms with van der Waals surface area (Å²) in [4.78, 5) is 14.3. The Morgan fingerprint density at radius 2 is 2.35 bits per heavy atom. The molecule has 0 saturated carbocycles. The van der Waals surface area contributed by atoms with Crippen LogP contribution in [0.5, 0.6) is 0 Å². The van der Waals surface area contributed by atoms with E-state index in [1.165, 1.54) is 0 Å². The summed E-state index contributed by atoms with van der Waals surface area (Å²) >= 11 is 0. The van der Waals surface area contributed by atoms with Crippen molar-refractivity contribution >= 4 is 11.8 Å². The number of carbonyl (C=O) groups is 1. The Balaban J connectivity index is 1.87. The highest BCUT2D eigenvalue weighted by Gasteiger charge is 2.23. The van der Waals surface area contributed by atoms with Crippen LogP contribution < -0.4 is 15.5 Å². The van der Waals surface area contributed by atoms with E-state index in [1.54, 1.807) is 0 Å². The van der Waals surface area contributed by atoms with E-state index in [0.717, 1.165) is 50.3 Å². The largest absolute Gasteiger partial charge is 0.353 e. The lowest BCUT2D eigenvalue weighted by atomic mass is 10.1. The van der Waals surface area contributed by atoms with Gasteiger partial charge in [-0.25, -0.2) is 4.79 Å². The SMILES string of the molecule is C=CC[C@H](CC)NC(=O)N[C@H]1CCCN(c2ccc(C)nn2)C1. The average Bonchev–Trinajstić information content (AvgIpc) is 2.55. The second kappa shape index (κ2) is 8.50. The maximum Gasteiger partial charge on any atom is 0.315 e. The van der Waals surface area contributed by atoms with Crippen LogP contribution in [0.2, 0.25) is 0 Å². The normalized spacial score (nSPS) is 19.0. The highest BCUT2D eigenvalue weighted by molar-refractivity contribution is 5.74. The Morgan fingerprint density at radius 1 is 1.52 bits per heavy atom. The molecule has 1 aliphatic rings. The summed E-state index contributed by atoms with van der Waals surface area (Å²) in [7, 11) is 0. The summed E-state index contributed by atoms with van der Waals surface area (Å²) in [5.41, 5.74) is 0.910. The molecule has 6 heteroatoms. The molecule has 2 N–H and O–H groups in total. The van der Waals surface area contributed by atoms with Gasteiger partial charge in [-0.3, -0.25) is 0 Å². The number of carbonyl (C=O) groups excluding carboxylic acids is 1. The number of anilines is 1. The van der Waals surface area contributed by atoms with Crippen molar-refractivity contribution in [2.45, 2.75) is 51.6 Å². The fourth-order valence-electron chi connectivity index (χ4n) is 2.80. The molecule has 126 valence electrons. The van der Waals surface area contributed by atoms with Gasteiger partial charge in [0.2, 0.25) is 0 Å². The van der Waals surface area contributed by atoms with Gasteiger partial charge in [-0.15, -0.1) is 11.7 Å². The predicted octanol–water partition coefficient (Wildman–Crippen LogP) is 2.41. The van der Waals surface area contributed by atoms with Crippen LogP contribution in [0.1, 0.15) is 38.3 Å². The van der Waals surface area contributed by atoms with E-state index in [4.69, 9.17) is 0 Å². The summed E-state index contributed by atoms with van der Waals surface area (Å²) in [6.07, 6.45) is 5.55. The second-order valence-electron chi connectivity index (χ2n) is 6.07. The zero-order valence-corrected chi connectivity index (χ0v) is 14.1. The molecule has 0 bridgehead atoms. The molecule has 0 aliphatic carbocycles. The number of aromatic nitrogens is 2. The molecule has 1 aliphatic heterocycles. The molecule has 1 fully saturated rings. The van der Waals surface area contributed by atoms with Crippen LogP contribution in [0.4, 0.5) is 10.6 Å². The molecule has 0 aromatic carbocycles. The van der Waals surface area contributed by atoms with Crippen LogP contribution in [0.15, 0.2) is 24.8 Å². The van der Waals surface area contributed by atoms with Crippen molar-refractivity contribution in [3.63, 3.8) is 0 Å². The number of amides is 2. The molecular weight excluding hydrogens is 290 g/mol. The van der Waals surface area contributed by atoms with Crippen molar-refractivity contribution < 1.29 is 4.79 Å². The number of nitrogens with zero attached hydrogens (tertiary/aromatic N) is 3. The number of rotatable bonds is 6. The average molecular weight is 317 g/mol. The molecule has 2 rings (SSSR count). The molecule has 2 heterocycles. The van der Waals surface area contributed by atoms with Gasteiger partial charge >= 0.3 is 6.03 Å². The van der Waals surface area contributed by atoms with Crippen LogP contribution in [-0.4, -0.2) is 41.4 Å². The van der Waals surface area contributed by atoms with Crippen molar-refractivity contribution in [1.29, 1.82) is 0 Å². The van der Waals surface area contributed by atoms with Crippen molar-refractivity contribution in [3.8, 4) is 0 Å². The Bertz CT molecular complexity index is 516. The van der Waals surface area contributed by atoms with Gasteiger partial charge in [0.15, 0.2) is 5.82 Å². The highest BCUT2D eigenvalue weighted by Crippen LogP contribution is 2.17. The van der Waals surface area contributed by atoms with E-state index in [9.17, 15) is 4.79 Å². The standard InChI is InChI=1S/C17H27N5O/c1-4-7-14(5-2)18-17(23)19-15-8-6-11-22(12-15)16-10-9-13(3)20-21-16/h4,9-10,14-15H,1,5-8,11-12H2,2-3H3,(H2,18,19,23)/t14-,15-/m0/s1. The number of aryl methyl sites for hydroxylation is 1. The van der Waals surface area contributed by atoms with Gasteiger partial charge in [0.25, 0.3) is 0 Å². The lowest BCUT2D eigenvalue weighted by Crippen LogP contribution is -2.52. The van der Waals surface area contributed by atoms with E-state index in [1.807, 2.05) is 25.1 Å². The summed E-state index contributed by atoms with van der Waals surface area (Å²) in [6, 6.07) is 4.14. The van der Waals surface area contributed by atoms with Crippen molar-refractivity contribution in [2.24, 2.45) is 0 Å². The molecule has 1 aromatic rings. The summed E-state index contributed by atoms with van der Waals surface area (Å²) < 4.78 is 0. The number of hydrogen-bond donors (Lipinski definition) is 2. The molecule has 1 aromatic heterocycles. The summed E-state index contributed by atoms with van der Waals surface area (Å²) in [5, 5.41) is 14.4. The lowest BCUT2D eigenvalue weighted by molar-refractivity contribution is 0.230. The molecule has 0 spiro atoms. The van der Waals surface area contributed by atoms with Gasteiger partial charge in [0.05, 0.1) is 5.69 Å². The van der Waals surface area contributed by atoms with E-state index in [-0.39, 0.29) is 18.1 Å². The first-order valence-electron chi connectivity index (χ1n) is 8.35. The zero-order chi connectivity index (χ0) is 16.7. The maximum atomic E-state index is 12.1. The Morgan fingerprint density at radius 3 is 3.00 bits per heavy atom. The van der Waals surface area contributed by atoms with Crippen LogP contribution >= 0.6 is 0 Å². The van der Waals surface area contributed by atoms with Crippen molar-refractivity contribution in [1.82, 2.24) is 20.8 Å². The monoisotopic (exact) mass is 317 g/mol. The number of hydrogen-bond acceptors (Lipinski definition) is 4. The molecule has 23 heavy (non-hydrogen) atoms. The smallest absolute Gasteiger partial charge is 0.315 e. The number of urea groups is 1. The molecule has 0 unspecified atom stereocenters. The van der Waals surface area contributed by atoms with Crippen LogP contribution in [0.25, 0.3) is 0 Å². The second-order valence-corrected chi connectivity index (χ2v) is 6.07. The van der Waals surface area contributed by atoms with E-state index < -0.39 is 0 Å². The summed E-state index contributed by atoms with van der Waals surface area (Å²) in [5.74, 6) is 0.876. The first kappa shape index (κ1) is 17.2. The van der Waals surface area contributed by atoms with E-state index >= 15 is 0 Å². The third kappa shape index (κ3) is 5.23. The lowest BCUT2D eigenvalue weighted by Gasteiger charge is -2.34. The third-order valence-corrected chi connectivity index (χ3v) is 4.14. The fourth-order valence-corrected chi connectivity index (χ4v) is 2.80. The fraction of sp³-hybridized carbons (Fsp3) is 0.588. The minimum absolute atomic E-state index is 0.0967. The van der Waals surface area contributed by atoms with Gasteiger partial charge in [0.1, 0.15) is 0 Å². The quantitative estimate of drug-likeness (QED) is 0.791. The molecule has 6 nitrogen and oxygen atoms in total. The Kier molecular flexibility index (Phi) is 6.38. The van der Waals surface area contributed by atoms with Gasteiger partial charge < -0.3 is 15.5 Å². The van der Waals surface area contributed by atoms with Crippen molar-refractivity contribution in [3.05, 3.63) is 30.5 Å². The predicted molar refractivity (Wildman–Crippen MR) is 92.6 cm³/mol. The molecular formula is C17H27N5O. The van der Waals surface area contributed by atoms with Gasteiger partial charge in [-0.2, -0.15) is 5.10 Å². The van der Waals surface area contributed by atoms with Crippen LogP contribution in [0.3, 0.4) is 0 Å². The van der Waals surface area contributed by atoms with Gasteiger partial charge in [-0.1, -0.05) is 13.0 Å². The Hall–Kier alpha value is -2.11. The van der Waals surface area contributed by atoms with Crippen LogP contribution in [-0.2, 0) is 0 Å². The topological polar surface area (TPSA) is 70.2 Å². The van der Waals surface area contributed by atoms with E-state index in [2.05, 4.69) is 39.2 Å². The minimum atomic E-state index is -0.0967. The molecule has 1 saturated heterocycles. The first-order chi connectivity index (χ1) is 11.1. The summed E-state index contributed by atoms with van der Waals surface area (Å²) in [6.45, 7) is 9.44. The van der Waals surface area contributed by atoms with E-state index in [0.29, 0.717) is 0 Å². The molecule has 2 atom stereocenters. The Labute approximate surface area is 138 Å².